The maximum absolute atomic E-state index is 11.9. The first-order valence-corrected chi connectivity index (χ1v) is 14.2. The molecule has 1 atom stereocenters. The number of fused-ring (bicyclic) bond motifs is 2. The van der Waals surface area contributed by atoms with Crippen LogP contribution < -0.4 is 4.90 Å². The number of likely N-dealkylation sites (N-methyl/N-ethyl adjacent to an activating group) is 1. The number of carboxylic acids is 1. The third-order valence-electron chi connectivity index (χ3n) is 7.40. The van der Waals surface area contributed by atoms with Crippen LogP contribution in [0.5, 0.6) is 0 Å². The van der Waals surface area contributed by atoms with Crippen LogP contribution in [0.1, 0.15) is 41.5 Å². The summed E-state index contributed by atoms with van der Waals surface area (Å²) in [5.74, 6) is -1.28. The molecule has 0 aliphatic carbocycles. The molecule has 10 heteroatoms. The molecule has 4 aromatic rings. The zero-order valence-electron chi connectivity index (χ0n) is 21.8. The Balaban J connectivity index is 1.51. The van der Waals surface area contributed by atoms with Gasteiger partial charge in [0.05, 0.1) is 22.5 Å². The molecule has 1 aliphatic rings. The van der Waals surface area contributed by atoms with Gasteiger partial charge in [-0.2, -0.15) is 4.31 Å². The van der Waals surface area contributed by atoms with Crippen molar-refractivity contribution in [3.8, 4) is 0 Å². The molecule has 5 rings (SSSR count). The van der Waals surface area contributed by atoms with Crippen LogP contribution in [0.25, 0.3) is 11.0 Å². The van der Waals surface area contributed by atoms with Crippen LogP contribution in [0.4, 0.5) is 5.69 Å². The summed E-state index contributed by atoms with van der Waals surface area (Å²) in [5.41, 5.74) is 6.09. The zero-order chi connectivity index (χ0) is 27.0. The normalized spacial score (nSPS) is 17.1. The van der Waals surface area contributed by atoms with E-state index in [0.717, 1.165) is 40.0 Å². The monoisotopic (exact) mass is 535 g/mol. The summed E-state index contributed by atoms with van der Waals surface area (Å²) in [6, 6.07) is 19.2. The molecule has 1 aromatic heterocycles. The SMILES string of the molecule is CCN1CCN(Cc2cc(C(CC(=O)O)c3ccc4c(c3)nnn4C)ccc2C)S(O)(O)c2ccccc21. The van der Waals surface area contributed by atoms with Gasteiger partial charge in [0.2, 0.25) is 0 Å². The van der Waals surface area contributed by atoms with E-state index >= 15 is 0 Å². The van der Waals surface area contributed by atoms with Crippen molar-refractivity contribution in [2.24, 2.45) is 7.05 Å². The van der Waals surface area contributed by atoms with Gasteiger partial charge in [0, 0.05) is 39.1 Å². The summed E-state index contributed by atoms with van der Waals surface area (Å²) in [6.07, 6.45) is -0.0774. The summed E-state index contributed by atoms with van der Waals surface area (Å²) < 4.78 is 26.4. The molecule has 0 radical (unpaired) electrons. The lowest BCUT2D eigenvalue weighted by Gasteiger charge is -2.42. The van der Waals surface area contributed by atoms with Gasteiger partial charge in [0.15, 0.2) is 0 Å². The molecule has 0 amide bonds. The second kappa shape index (κ2) is 10.4. The van der Waals surface area contributed by atoms with Gasteiger partial charge in [-0.05, 0) is 60.4 Å². The average molecular weight is 536 g/mol. The third-order valence-corrected chi connectivity index (χ3v) is 9.37. The molecule has 0 fully saturated rings. The first-order chi connectivity index (χ1) is 18.2. The van der Waals surface area contributed by atoms with Crippen molar-refractivity contribution < 1.29 is 19.0 Å². The van der Waals surface area contributed by atoms with Crippen LogP contribution in [-0.2, 0) is 18.4 Å². The number of rotatable bonds is 7. The third kappa shape index (κ3) is 4.88. The van der Waals surface area contributed by atoms with E-state index in [1.165, 1.54) is 0 Å². The van der Waals surface area contributed by atoms with Gasteiger partial charge in [-0.1, -0.05) is 41.6 Å². The molecular formula is C28H33N5O4S. The van der Waals surface area contributed by atoms with Crippen molar-refractivity contribution in [1.82, 2.24) is 19.3 Å². The fourth-order valence-corrected chi connectivity index (χ4v) is 6.88. The smallest absolute Gasteiger partial charge is 0.304 e. The van der Waals surface area contributed by atoms with Crippen molar-refractivity contribution in [3.05, 3.63) is 82.9 Å². The van der Waals surface area contributed by atoms with Crippen LogP contribution in [0.2, 0.25) is 0 Å². The molecular weight excluding hydrogens is 502 g/mol. The Morgan fingerprint density at radius 3 is 2.55 bits per heavy atom. The Morgan fingerprint density at radius 2 is 1.79 bits per heavy atom. The number of carbonyl (C=O) groups is 1. The molecule has 2 heterocycles. The minimum atomic E-state index is -3.22. The number of nitrogens with zero attached hydrogens (tertiary/aromatic N) is 5. The second-order valence-corrected chi connectivity index (χ2v) is 11.7. The number of aryl methyl sites for hydroxylation is 2. The molecule has 9 nitrogen and oxygen atoms in total. The highest BCUT2D eigenvalue weighted by atomic mass is 32.3. The van der Waals surface area contributed by atoms with Gasteiger partial charge in [-0.25, -0.2) is 4.68 Å². The van der Waals surface area contributed by atoms with Gasteiger partial charge in [0.25, 0.3) is 0 Å². The maximum Gasteiger partial charge on any atom is 0.304 e. The van der Waals surface area contributed by atoms with E-state index in [1.807, 2.05) is 68.6 Å². The molecule has 3 N–H and O–H groups in total. The van der Waals surface area contributed by atoms with E-state index in [-0.39, 0.29) is 12.3 Å². The summed E-state index contributed by atoms with van der Waals surface area (Å²) in [5, 5.41) is 18.0. The first kappa shape index (κ1) is 26.2. The maximum atomic E-state index is 11.9. The van der Waals surface area contributed by atoms with Crippen LogP contribution in [-0.4, -0.2) is 59.1 Å². The Morgan fingerprint density at radius 1 is 1.05 bits per heavy atom. The van der Waals surface area contributed by atoms with E-state index in [9.17, 15) is 19.0 Å². The minimum absolute atomic E-state index is 0.0774. The van der Waals surface area contributed by atoms with E-state index in [0.29, 0.717) is 30.0 Å². The number of carboxylic acid groups (broad SMARTS) is 1. The highest BCUT2D eigenvalue weighted by Crippen LogP contribution is 2.57. The second-order valence-electron chi connectivity index (χ2n) is 9.73. The van der Waals surface area contributed by atoms with Gasteiger partial charge in [0.1, 0.15) is 5.52 Å². The lowest BCUT2D eigenvalue weighted by molar-refractivity contribution is -0.137. The number of hydrogen-bond acceptors (Lipinski definition) is 7. The van der Waals surface area contributed by atoms with Crippen molar-refractivity contribution in [2.45, 2.75) is 37.6 Å². The number of aliphatic carboxylic acids is 1. The molecule has 0 saturated carbocycles. The largest absolute Gasteiger partial charge is 0.481 e. The summed E-state index contributed by atoms with van der Waals surface area (Å²) in [6.45, 7) is 6.30. The van der Waals surface area contributed by atoms with Gasteiger partial charge in [-0.3, -0.25) is 13.9 Å². The molecule has 1 unspecified atom stereocenters. The van der Waals surface area contributed by atoms with Crippen molar-refractivity contribution >= 4 is 33.5 Å². The summed E-state index contributed by atoms with van der Waals surface area (Å²) >= 11 is 0. The average Bonchev–Trinajstić information content (AvgIpc) is 3.23. The van der Waals surface area contributed by atoms with Crippen molar-refractivity contribution in [2.75, 3.05) is 24.5 Å². The fraction of sp³-hybridized carbons (Fsp3) is 0.321. The first-order valence-electron chi connectivity index (χ1n) is 12.7. The van der Waals surface area contributed by atoms with E-state index < -0.39 is 16.7 Å². The zero-order valence-corrected chi connectivity index (χ0v) is 22.6. The molecule has 0 bridgehead atoms. The van der Waals surface area contributed by atoms with Crippen LogP contribution in [0.15, 0.2) is 65.6 Å². The summed E-state index contributed by atoms with van der Waals surface area (Å²) in [4.78, 5) is 14.6. The van der Waals surface area contributed by atoms with Gasteiger partial charge < -0.3 is 10.0 Å². The molecule has 3 aromatic carbocycles. The van der Waals surface area contributed by atoms with E-state index in [2.05, 4.69) is 22.1 Å². The highest BCUT2D eigenvalue weighted by Gasteiger charge is 2.33. The Labute approximate surface area is 223 Å². The van der Waals surface area contributed by atoms with Crippen molar-refractivity contribution in [1.29, 1.82) is 0 Å². The lowest BCUT2D eigenvalue weighted by atomic mass is 9.86. The molecule has 200 valence electrons. The van der Waals surface area contributed by atoms with Crippen LogP contribution in [0.3, 0.4) is 0 Å². The standard InChI is InChI=1S/C28H33N5O4S/c1-4-32-13-14-33(38(36,37)27-8-6-5-7-26(27)32)18-22-15-20(10-9-19(22)2)23(17-28(34)35)21-11-12-25-24(16-21)29-30-31(25)3/h5-12,15-16,23,36-37H,4,13-14,17-18H2,1-3H3,(H,34,35). The van der Waals surface area contributed by atoms with E-state index in [4.69, 9.17) is 0 Å². The van der Waals surface area contributed by atoms with Gasteiger partial charge >= 0.3 is 5.97 Å². The Kier molecular flexibility index (Phi) is 7.15. The predicted octanol–water partition coefficient (Wildman–Crippen LogP) is 5.25. The predicted molar refractivity (Wildman–Crippen MR) is 150 cm³/mol. The lowest BCUT2D eigenvalue weighted by Crippen LogP contribution is -2.32. The van der Waals surface area contributed by atoms with Crippen LogP contribution in [0, 0.1) is 6.92 Å². The minimum Gasteiger partial charge on any atom is -0.481 e. The Hall–Kier alpha value is -3.44. The number of hydrogen-bond donors (Lipinski definition) is 3. The number of benzene rings is 3. The molecule has 0 saturated heterocycles. The van der Waals surface area contributed by atoms with Gasteiger partial charge in [-0.15, -0.1) is 15.9 Å². The number of anilines is 1. The molecule has 1 aliphatic heterocycles. The van der Waals surface area contributed by atoms with E-state index in [1.54, 1.807) is 15.1 Å². The summed E-state index contributed by atoms with van der Waals surface area (Å²) in [7, 11) is -1.40. The quantitative estimate of drug-likeness (QED) is 0.294. The molecule has 38 heavy (non-hydrogen) atoms. The Bertz CT molecular complexity index is 1490. The number of aromatic nitrogens is 3. The topological polar surface area (TPSA) is 115 Å². The fourth-order valence-electron chi connectivity index (χ4n) is 5.21. The van der Waals surface area contributed by atoms with Crippen LogP contribution >= 0.6 is 10.8 Å². The van der Waals surface area contributed by atoms with Crippen molar-refractivity contribution in [3.63, 3.8) is 0 Å². The highest BCUT2D eigenvalue weighted by molar-refractivity contribution is 8.22. The molecule has 0 spiro atoms. The number of para-hydroxylation sites is 1.